The molecule has 1 saturated carbocycles. The van der Waals surface area contributed by atoms with Crippen LogP contribution in [0.2, 0.25) is 0 Å². The molecule has 0 aromatic carbocycles. The number of carbonyl (C=O) groups is 1. The molecule has 1 aromatic rings. The van der Waals surface area contributed by atoms with Gasteiger partial charge in [-0.2, -0.15) is 0 Å². The summed E-state index contributed by atoms with van der Waals surface area (Å²) in [7, 11) is 1.94. The van der Waals surface area contributed by atoms with E-state index in [2.05, 4.69) is 32.3 Å². The summed E-state index contributed by atoms with van der Waals surface area (Å²) in [5, 5.41) is 0. The van der Waals surface area contributed by atoms with Crippen molar-refractivity contribution < 1.29 is 4.79 Å². The highest BCUT2D eigenvalue weighted by molar-refractivity contribution is 9.10. The first kappa shape index (κ1) is 15.1. The molecule has 2 aliphatic rings. The van der Waals surface area contributed by atoms with Gasteiger partial charge in [0.1, 0.15) is 5.69 Å². The molecule has 0 N–H and O–H groups in total. The Labute approximate surface area is 135 Å². The summed E-state index contributed by atoms with van der Waals surface area (Å²) in [6.45, 7) is 5.29. The van der Waals surface area contributed by atoms with Crippen LogP contribution in [0.5, 0.6) is 0 Å². The van der Waals surface area contributed by atoms with Crippen LogP contribution in [0.3, 0.4) is 0 Å². The Kier molecular flexibility index (Phi) is 4.41. The number of rotatable bonds is 5. The molecule has 0 bridgehead atoms. The lowest BCUT2D eigenvalue weighted by atomic mass is 10.2. The Balaban J connectivity index is 1.69. The maximum Gasteiger partial charge on any atom is 0.270 e. The van der Waals surface area contributed by atoms with E-state index in [-0.39, 0.29) is 5.91 Å². The number of amides is 1. The fraction of sp³-hybridized carbons (Fsp3) is 0.688. The summed E-state index contributed by atoms with van der Waals surface area (Å²) >= 11 is 3.51. The fourth-order valence-electron chi connectivity index (χ4n) is 3.38. The molecular weight excluding hydrogens is 330 g/mol. The van der Waals surface area contributed by atoms with E-state index in [9.17, 15) is 4.79 Å². The van der Waals surface area contributed by atoms with Crippen LogP contribution in [0.25, 0.3) is 0 Å². The van der Waals surface area contributed by atoms with Gasteiger partial charge < -0.3 is 9.47 Å². The van der Waals surface area contributed by atoms with Crippen molar-refractivity contribution >= 4 is 21.8 Å². The summed E-state index contributed by atoms with van der Waals surface area (Å²) in [5.74, 6) is 0.149. The predicted molar refractivity (Wildman–Crippen MR) is 87.6 cm³/mol. The SMILES string of the molecule is CCN1CCCC1CN(C)C(=O)c1cc(Br)cn1C1CC1. The molecule has 2 heterocycles. The molecule has 4 nitrogen and oxygen atoms in total. The maximum atomic E-state index is 12.8. The van der Waals surface area contributed by atoms with Gasteiger partial charge in [-0.15, -0.1) is 0 Å². The molecule has 21 heavy (non-hydrogen) atoms. The molecular formula is C16H24BrN3O. The van der Waals surface area contributed by atoms with Crippen LogP contribution in [0.1, 0.15) is 49.1 Å². The average Bonchev–Trinajstić information content (AvgIpc) is 3.10. The Morgan fingerprint density at radius 1 is 1.43 bits per heavy atom. The van der Waals surface area contributed by atoms with E-state index in [0.717, 1.165) is 23.3 Å². The van der Waals surface area contributed by atoms with Crippen LogP contribution in [-0.4, -0.2) is 53.0 Å². The van der Waals surface area contributed by atoms with Gasteiger partial charge in [0.05, 0.1) is 0 Å². The lowest BCUT2D eigenvalue weighted by Gasteiger charge is -2.28. The summed E-state index contributed by atoms with van der Waals surface area (Å²) in [4.78, 5) is 17.1. The minimum absolute atomic E-state index is 0.149. The lowest BCUT2D eigenvalue weighted by molar-refractivity contribution is 0.0744. The van der Waals surface area contributed by atoms with E-state index in [1.54, 1.807) is 0 Å². The third-order valence-electron chi connectivity index (χ3n) is 4.71. The maximum absolute atomic E-state index is 12.8. The van der Waals surface area contributed by atoms with Crippen molar-refractivity contribution in [3.05, 3.63) is 22.4 Å². The summed E-state index contributed by atoms with van der Waals surface area (Å²) in [6, 6.07) is 3.02. The third-order valence-corrected chi connectivity index (χ3v) is 5.14. The topological polar surface area (TPSA) is 28.5 Å². The number of aromatic nitrogens is 1. The number of carbonyl (C=O) groups excluding carboxylic acids is 1. The zero-order chi connectivity index (χ0) is 15.0. The van der Waals surface area contributed by atoms with Crippen molar-refractivity contribution in [2.45, 2.75) is 44.7 Å². The number of nitrogens with zero attached hydrogens (tertiary/aromatic N) is 3. The zero-order valence-electron chi connectivity index (χ0n) is 12.9. The van der Waals surface area contributed by atoms with Crippen molar-refractivity contribution in [2.24, 2.45) is 0 Å². The van der Waals surface area contributed by atoms with Crippen molar-refractivity contribution in [2.75, 3.05) is 26.7 Å². The normalized spacial score (nSPS) is 22.7. The Hall–Kier alpha value is -0.810. The third kappa shape index (κ3) is 3.19. The van der Waals surface area contributed by atoms with Crippen molar-refractivity contribution in [3.8, 4) is 0 Å². The van der Waals surface area contributed by atoms with Gasteiger partial charge in [0.25, 0.3) is 5.91 Å². The molecule has 1 aliphatic heterocycles. The Morgan fingerprint density at radius 2 is 2.19 bits per heavy atom. The molecule has 3 rings (SSSR count). The van der Waals surface area contributed by atoms with Crippen LogP contribution in [-0.2, 0) is 0 Å². The first-order valence-corrected chi connectivity index (χ1v) is 8.76. The first-order chi connectivity index (χ1) is 10.1. The molecule has 1 aliphatic carbocycles. The number of halogens is 1. The highest BCUT2D eigenvalue weighted by Gasteiger charge is 2.30. The number of hydrogen-bond acceptors (Lipinski definition) is 2. The van der Waals surface area contributed by atoms with Crippen LogP contribution >= 0.6 is 15.9 Å². The summed E-state index contributed by atoms with van der Waals surface area (Å²) in [5.41, 5.74) is 0.827. The van der Waals surface area contributed by atoms with E-state index >= 15 is 0 Å². The van der Waals surface area contributed by atoms with E-state index in [0.29, 0.717) is 12.1 Å². The second kappa shape index (κ2) is 6.13. The van der Waals surface area contributed by atoms with Crippen molar-refractivity contribution in [3.63, 3.8) is 0 Å². The fourth-order valence-corrected chi connectivity index (χ4v) is 3.82. The van der Waals surface area contributed by atoms with Gasteiger partial charge >= 0.3 is 0 Å². The van der Waals surface area contributed by atoms with Crippen LogP contribution in [0.15, 0.2) is 16.7 Å². The molecule has 1 unspecified atom stereocenters. The predicted octanol–water partition coefficient (Wildman–Crippen LogP) is 3.14. The van der Waals surface area contributed by atoms with Crippen molar-refractivity contribution in [1.82, 2.24) is 14.4 Å². The first-order valence-electron chi connectivity index (χ1n) is 7.97. The van der Waals surface area contributed by atoms with Gasteiger partial charge in [-0.05, 0) is 60.8 Å². The second-order valence-electron chi connectivity index (χ2n) is 6.29. The van der Waals surface area contributed by atoms with E-state index < -0.39 is 0 Å². The average molecular weight is 354 g/mol. The van der Waals surface area contributed by atoms with Crippen LogP contribution in [0.4, 0.5) is 0 Å². The largest absolute Gasteiger partial charge is 0.339 e. The molecule has 1 amide bonds. The summed E-state index contributed by atoms with van der Waals surface area (Å²) < 4.78 is 3.15. The van der Waals surface area contributed by atoms with Crippen LogP contribution < -0.4 is 0 Å². The standard InChI is InChI=1S/C16H24BrN3O/c1-3-19-8-4-5-14(19)11-18(2)16(21)15-9-12(17)10-20(15)13-6-7-13/h9-10,13-14H,3-8,11H2,1-2H3. The zero-order valence-corrected chi connectivity index (χ0v) is 14.5. The monoisotopic (exact) mass is 353 g/mol. The molecule has 5 heteroatoms. The molecule has 1 saturated heterocycles. The Morgan fingerprint density at radius 3 is 2.86 bits per heavy atom. The lowest BCUT2D eigenvalue weighted by Crippen LogP contribution is -2.41. The quantitative estimate of drug-likeness (QED) is 0.813. The number of likely N-dealkylation sites (N-methyl/N-ethyl adjacent to an activating group) is 2. The minimum atomic E-state index is 0.149. The second-order valence-corrected chi connectivity index (χ2v) is 7.21. The highest BCUT2D eigenvalue weighted by Crippen LogP contribution is 2.37. The molecule has 2 fully saturated rings. The summed E-state index contributed by atoms with van der Waals surface area (Å²) in [6.07, 6.45) is 6.89. The van der Waals surface area contributed by atoms with Gasteiger partial charge in [-0.3, -0.25) is 9.69 Å². The smallest absolute Gasteiger partial charge is 0.270 e. The van der Waals surface area contributed by atoms with Crippen molar-refractivity contribution in [1.29, 1.82) is 0 Å². The van der Waals surface area contributed by atoms with Gasteiger partial charge in [-0.1, -0.05) is 6.92 Å². The van der Waals surface area contributed by atoms with Gasteiger partial charge in [0.15, 0.2) is 0 Å². The highest BCUT2D eigenvalue weighted by atomic mass is 79.9. The van der Waals surface area contributed by atoms with Gasteiger partial charge in [0, 0.05) is 36.3 Å². The van der Waals surface area contributed by atoms with E-state index in [1.807, 2.05) is 24.2 Å². The number of likely N-dealkylation sites (tertiary alicyclic amines) is 1. The van der Waals surface area contributed by atoms with Gasteiger partial charge in [-0.25, -0.2) is 0 Å². The molecule has 0 radical (unpaired) electrons. The molecule has 1 aromatic heterocycles. The molecule has 116 valence electrons. The van der Waals surface area contributed by atoms with Crippen LogP contribution in [0, 0.1) is 0 Å². The molecule has 1 atom stereocenters. The molecule has 0 spiro atoms. The van der Waals surface area contributed by atoms with E-state index in [1.165, 1.54) is 32.2 Å². The van der Waals surface area contributed by atoms with Gasteiger partial charge in [0.2, 0.25) is 0 Å². The van der Waals surface area contributed by atoms with E-state index in [4.69, 9.17) is 0 Å². The minimum Gasteiger partial charge on any atom is -0.339 e. The number of hydrogen-bond donors (Lipinski definition) is 0. The Bertz CT molecular complexity index is 524.